The molecule has 2 aromatic carbocycles. The fourth-order valence-electron chi connectivity index (χ4n) is 2.94. The highest BCUT2D eigenvalue weighted by molar-refractivity contribution is 5.78. The molecule has 130 valence electrons. The van der Waals surface area contributed by atoms with Gasteiger partial charge in [-0.05, 0) is 49.1 Å². The first-order valence-corrected chi connectivity index (χ1v) is 8.37. The largest absolute Gasteiger partial charge is 0.322 e. The van der Waals surface area contributed by atoms with Crippen molar-refractivity contribution >= 4 is 16.7 Å². The van der Waals surface area contributed by atoms with Crippen LogP contribution in [0.4, 0.5) is 5.69 Å². The van der Waals surface area contributed by atoms with Crippen LogP contribution in [0.1, 0.15) is 41.9 Å². The van der Waals surface area contributed by atoms with Crippen molar-refractivity contribution in [1.29, 1.82) is 0 Å². The van der Waals surface area contributed by atoms with Gasteiger partial charge >= 0.3 is 0 Å². The highest BCUT2D eigenvalue weighted by atomic mass is 16.6. The molecule has 0 aliphatic heterocycles. The first-order valence-electron chi connectivity index (χ1n) is 8.37. The van der Waals surface area contributed by atoms with Gasteiger partial charge in [-0.3, -0.25) is 10.1 Å². The quantitative estimate of drug-likeness (QED) is 0.562. The van der Waals surface area contributed by atoms with Crippen LogP contribution in [-0.4, -0.2) is 14.5 Å². The molecule has 0 amide bonds. The number of aryl methyl sites for hydroxylation is 2. The second-order valence-corrected chi connectivity index (χ2v) is 6.42. The summed E-state index contributed by atoms with van der Waals surface area (Å²) in [7, 11) is 0. The molecule has 6 nitrogen and oxygen atoms in total. The van der Waals surface area contributed by atoms with Gasteiger partial charge in [0.15, 0.2) is 0 Å². The zero-order chi connectivity index (χ0) is 18.1. The molecule has 2 N–H and O–H groups in total. The second kappa shape index (κ2) is 6.64. The number of nitrogens with zero attached hydrogens (tertiary/aromatic N) is 3. The molecule has 0 radical (unpaired) electrons. The van der Waals surface area contributed by atoms with Crippen LogP contribution in [0.25, 0.3) is 11.0 Å². The average Bonchev–Trinajstić information content (AvgIpc) is 2.92. The van der Waals surface area contributed by atoms with Crippen LogP contribution in [0.5, 0.6) is 0 Å². The van der Waals surface area contributed by atoms with Gasteiger partial charge in [0.05, 0.1) is 22.0 Å². The molecule has 25 heavy (non-hydrogen) atoms. The molecule has 0 saturated heterocycles. The SMILES string of the molecule is CCC(N)c1nc2cc(C)c(C)cc2n1Cc1ccc([N+](=O)[O-])cc1. The van der Waals surface area contributed by atoms with E-state index in [1.54, 1.807) is 12.1 Å². The predicted octanol–water partition coefficient (Wildman–Crippen LogP) is 4.02. The van der Waals surface area contributed by atoms with E-state index in [4.69, 9.17) is 10.7 Å². The van der Waals surface area contributed by atoms with Crippen molar-refractivity contribution in [1.82, 2.24) is 9.55 Å². The molecule has 0 bridgehead atoms. The van der Waals surface area contributed by atoms with Crippen LogP contribution in [0.2, 0.25) is 0 Å². The lowest BCUT2D eigenvalue weighted by Crippen LogP contribution is -2.16. The molecular weight excluding hydrogens is 316 g/mol. The molecular formula is C19H22N4O2. The molecule has 1 aromatic heterocycles. The summed E-state index contributed by atoms with van der Waals surface area (Å²) in [6.07, 6.45) is 0.793. The van der Waals surface area contributed by atoms with E-state index in [0.717, 1.165) is 28.8 Å². The third-order valence-corrected chi connectivity index (χ3v) is 4.65. The number of aromatic nitrogens is 2. The number of hydrogen-bond acceptors (Lipinski definition) is 4. The number of rotatable bonds is 5. The molecule has 1 heterocycles. The van der Waals surface area contributed by atoms with Gasteiger partial charge in [0.25, 0.3) is 5.69 Å². The summed E-state index contributed by atoms with van der Waals surface area (Å²) in [4.78, 5) is 15.2. The predicted molar refractivity (Wildman–Crippen MR) is 98.6 cm³/mol. The lowest BCUT2D eigenvalue weighted by atomic mass is 10.1. The highest BCUT2D eigenvalue weighted by Crippen LogP contribution is 2.26. The lowest BCUT2D eigenvalue weighted by Gasteiger charge is -2.14. The summed E-state index contributed by atoms with van der Waals surface area (Å²) in [6.45, 7) is 6.78. The third kappa shape index (κ3) is 3.25. The normalized spacial score (nSPS) is 12.5. The average molecular weight is 338 g/mol. The van der Waals surface area contributed by atoms with Gasteiger partial charge in [0.1, 0.15) is 5.82 Å². The van der Waals surface area contributed by atoms with E-state index >= 15 is 0 Å². The lowest BCUT2D eigenvalue weighted by molar-refractivity contribution is -0.384. The Bertz CT molecular complexity index is 929. The number of nitro benzene ring substituents is 1. The number of imidazole rings is 1. The van der Waals surface area contributed by atoms with Gasteiger partial charge in [0.2, 0.25) is 0 Å². The van der Waals surface area contributed by atoms with E-state index in [0.29, 0.717) is 6.54 Å². The van der Waals surface area contributed by atoms with Gasteiger partial charge in [-0.2, -0.15) is 0 Å². The second-order valence-electron chi connectivity index (χ2n) is 6.42. The number of hydrogen-bond donors (Lipinski definition) is 1. The number of nitrogens with two attached hydrogens (primary N) is 1. The van der Waals surface area contributed by atoms with E-state index in [9.17, 15) is 10.1 Å². The Morgan fingerprint density at radius 2 is 1.84 bits per heavy atom. The van der Waals surface area contributed by atoms with E-state index in [2.05, 4.69) is 30.5 Å². The fourth-order valence-corrected chi connectivity index (χ4v) is 2.94. The highest BCUT2D eigenvalue weighted by Gasteiger charge is 2.17. The van der Waals surface area contributed by atoms with Crippen LogP contribution in [0, 0.1) is 24.0 Å². The molecule has 0 fully saturated rings. The van der Waals surface area contributed by atoms with Crippen molar-refractivity contribution in [2.24, 2.45) is 5.73 Å². The van der Waals surface area contributed by atoms with Crippen molar-refractivity contribution in [3.63, 3.8) is 0 Å². The fraction of sp³-hybridized carbons (Fsp3) is 0.316. The number of benzene rings is 2. The summed E-state index contributed by atoms with van der Waals surface area (Å²) in [6, 6.07) is 10.7. The summed E-state index contributed by atoms with van der Waals surface area (Å²) in [5, 5.41) is 10.8. The smallest absolute Gasteiger partial charge is 0.269 e. The zero-order valence-electron chi connectivity index (χ0n) is 14.7. The number of fused-ring (bicyclic) bond motifs is 1. The number of nitro groups is 1. The third-order valence-electron chi connectivity index (χ3n) is 4.65. The van der Waals surface area contributed by atoms with Crippen molar-refractivity contribution in [3.05, 3.63) is 69.0 Å². The van der Waals surface area contributed by atoms with Crippen molar-refractivity contribution in [3.8, 4) is 0 Å². The van der Waals surface area contributed by atoms with Gasteiger partial charge in [-0.15, -0.1) is 0 Å². The Labute approximate surface area is 146 Å². The summed E-state index contributed by atoms with van der Waals surface area (Å²) in [5.74, 6) is 0.848. The maximum atomic E-state index is 10.8. The van der Waals surface area contributed by atoms with E-state index < -0.39 is 0 Å². The molecule has 1 unspecified atom stereocenters. The maximum Gasteiger partial charge on any atom is 0.269 e. The van der Waals surface area contributed by atoms with E-state index in [1.165, 1.54) is 23.3 Å². The topological polar surface area (TPSA) is 87.0 Å². The summed E-state index contributed by atoms with van der Waals surface area (Å²) in [5.41, 5.74) is 11.7. The van der Waals surface area contributed by atoms with Crippen LogP contribution in [-0.2, 0) is 6.54 Å². The van der Waals surface area contributed by atoms with E-state index in [-0.39, 0.29) is 16.7 Å². The Morgan fingerprint density at radius 1 is 1.20 bits per heavy atom. The molecule has 0 aliphatic carbocycles. The van der Waals surface area contributed by atoms with Crippen LogP contribution >= 0.6 is 0 Å². The Morgan fingerprint density at radius 3 is 2.44 bits per heavy atom. The first-order chi connectivity index (χ1) is 11.9. The summed E-state index contributed by atoms with van der Waals surface area (Å²) >= 11 is 0. The monoisotopic (exact) mass is 338 g/mol. The Kier molecular flexibility index (Phi) is 4.55. The zero-order valence-corrected chi connectivity index (χ0v) is 14.7. The first kappa shape index (κ1) is 17.1. The Balaban J connectivity index is 2.09. The van der Waals surface area contributed by atoms with Gasteiger partial charge in [0, 0.05) is 18.7 Å². The minimum atomic E-state index is -0.388. The molecule has 1 atom stereocenters. The van der Waals surface area contributed by atoms with Crippen LogP contribution in [0.3, 0.4) is 0 Å². The minimum Gasteiger partial charge on any atom is -0.322 e. The van der Waals surface area contributed by atoms with Gasteiger partial charge in [-0.25, -0.2) is 4.98 Å². The van der Waals surface area contributed by atoms with Gasteiger partial charge in [-0.1, -0.05) is 19.1 Å². The minimum absolute atomic E-state index is 0.0937. The molecule has 6 heteroatoms. The van der Waals surface area contributed by atoms with Crippen molar-refractivity contribution in [2.75, 3.05) is 0 Å². The molecule has 0 saturated carbocycles. The molecule has 3 aromatic rings. The molecule has 3 rings (SSSR count). The number of non-ortho nitro benzene ring substituents is 1. The van der Waals surface area contributed by atoms with Gasteiger partial charge < -0.3 is 10.3 Å². The standard InChI is InChI=1S/C19H22N4O2/c1-4-16(20)19-21-17-9-12(2)13(3)10-18(17)22(19)11-14-5-7-15(8-6-14)23(24)25/h5-10,16H,4,11,20H2,1-3H3. The Hall–Kier alpha value is -2.73. The van der Waals surface area contributed by atoms with Crippen LogP contribution < -0.4 is 5.73 Å². The van der Waals surface area contributed by atoms with Crippen LogP contribution in [0.15, 0.2) is 36.4 Å². The molecule has 0 aliphatic rings. The van der Waals surface area contributed by atoms with Crippen molar-refractivity contribution in [2.45, 2.75) is 39.8 Å². The van der Waals surface area contributed by atoms with Crippen molar-refractivity contribution < 1.29 is 4.92 Å². The summed E-state index contributed by atoms with van der Waals surface area (Å²) < 4.78 is 2.12. The maximum absolute atomic E-state index is 10.8. The van der Waals surface area contributed by atoms with E-state index in [1.807, 2.05) is 6.92 Å². The molecule has 0 spiro atoms.